The van der Waals surface area contributed by atoms with Crippen molar-refractivity contribution in [2.75, 3.05) is 11.9 Å². The van der Waals surface area contributed by atoms with Gasteiger partial charge in [0, 0.05) is 17.3 Å². The Morgan fingerprint density at radius 3 is 2.57 bits per heavy atom. The maximum atomic E-state index is 6.10. The molecule has 0 aliphatic heterocycles. The molecule has 0 unspecified atom stereocenters. The van der Waals surface area contributed by atoms with Crippen molar-refractivity contribution in [3.63, 3.8) is 0 Å². The summed E-state index contributed by atoms with van der Waals surface area (Å²) in [6, 6.07) is 16.2. The van der Waals surface area contributed by atoms with Crippen LogP contribution in [-0.2, 0) is 0 Å². The van der Waals surface area contributed by atoms with Crippen molar-refractivity contribution >= 4 is 34.6 Å². The van der Waals surface area contributed by atoms with Crippen molar-refractivity contribution < 1.29 is 0 Å². The van der Waals surface area contributed by atoms with Gasteiger partial charge >= 0.3 is 0 Å². The van der Waals surface area contributed by atoms with Gasteiger partial charge in [-0.1, -0.05) is 54.9 Å². The number of thiocarbonyl (C=S) groups is 1. The highest BCUT2D eigenvalue weighted by Gasteiger charge is 2.06. The lowest BCUT2D eigenvalue weighted by Crippen LogP contribution is -2.31. The number of benzene rings is 2. The Bertz CT molecular complexity index is 613. The second kappa shape index (κ2) is 7.43. The maximum Gasteiger partial charge on any atom is 0.170 e. The molecule has 0 aliphatic rings. The minimum Gasteiger partial charge on any atom is -0.362 e. The Morgan fingerprint density at radius 2 is 1.90 bits per heavy atom. The van der Waals surface area contributed by atoms with Crippen LogP contribution in [0.5, 0.6) is 0 Å². The quantitative estimate of drug-likeness (QED) is 0.796. The SMILES string of the molecule is Cc1ccc(NC(=S)NC[C@H](C)c2ccccc2)cc1Cl. The lowest BCUT2D eigenvalue weighted by Gasteiger charge is -2.16. The zero-order chi connectivity index (χ0) is 15.2. The molecule has 0 saturated heterocycles. The molecule has 4 heteroatoms. The molecule has 0 radical (unpaired) electrons. The Morgan fingerprint density at radius 1 is 1.19 bits per heavy atom. The van der Waals surface area contributed by atoms with Crippen LogP contribution < -0.4 is 10.6 Å². The summed E-state index contributed by atoms with van der Waals surface area (Å²) < 4.78 is 0. The zero-order valence-electron chi connectivity index (χ0n) is 12.2. The van der Waals surface area contributed by atoms with Gasteiger partial charge in [-0.25, -0.2) is 0 Å². The molecule has 0 heterocycles. The van der Waals surface area contributed by atoms with Crippen LogP contribution in [0.1, 0.15) is 24.0 Å². The summed E-state index contributed by atoms with van der Waals surface area (Å²) >= 11 is 11.4. The minimum absolute atomic E-state index is 0.396. The number of anilines is 1. The van der Waals surface area contributed by atoms with Gasteiger partial charge in [0.05, 0.1) is 0 Å². The first-order valence-corrected chi connectivity index (χ1v) is 7.71. The summed E-state index contributed by atoms with van der Waals surface area (Å²) in [5, 5.41) is 7.74. The van der Waals surface area contributed by atoms with Crippen LogP contribution in [0.3, 0.4) is 0 Å². The molecule has 2 N–H and O–H groups in total. The van der Waals surface area contributed by atoms with Gasteiger partial charge in [-0.05, 0) is 48.3 Å². The van der Waals surface area contributed by atoms with E-state index in [1.165, 1.54) is 5.56 Å². The van der Waals surface area contributed by atoms with Crippen LogP contribution in [0.15, 0.2) is 48.5 Å². The summed E-state index contributed by atoms with van der Waals surface area (Å²) in [5.74, 6) is 0.396. The summed E-state index contributed by atoms with van der Waals surface area (Å²) in [4.78, 5) is 0. The van der Waals surface area contributed by atoms with E-state index in [-0.39, 0.29) is 0 Å². The Labute approximate surface area is 136 Å². The molecule has 110 valence electrons. The predicted octanol–water partition coefficient (Wildman–Crippen LogP) is 4.74. The third-order valence-electron chi connectivity index (χ3n) is 3.37. The summed E-state index contributed by atoms with van der Waals surface area (Å²) in [6.45, 7) is 4.94. The summed E-state index contributed by atoms with van der Waals surface area (Å²) in [5.41, 5.74) is 3.25. The second-order valence-corrected chi connectivity index (χ2v) is 5.93. The van der Waals surface area contributed by atoms with Crippen molar-refractivity contribution in [2.24, 2.45) is 0 Å². The second-order valence-electron chi connectivity index (χ2n) is 5.11. The molecule has 0 amide bonds. The van der Waals surface area contributed by atoms with Crippen LogP contribution in [0.25, 0.3) is 0 Å². The predicted molar refractivity (Wildman–Crippen MR) is 95.3 cm³/mol. The smallest absolute Gasteiger partial charge is 0.170 e. The van der Waals surface area contributed by atoms with Crippen LogP contribution in [0.2, 0.25) is 5.02 Å². The topological polar surface area (TPSA) is 24.1 Å². The van der Waals surface area contributed by atoms with Gasteiger partial charge < -0.3 is 10.6 Å². The first-order valence-electron chi connectivity index (χ1n) is 6.92. The van der Waals surface area contributed by atoms with E-state index in [1.807, 2.05) is 31.2 Å². The fraction of sp³-hybridized carbons (Fsp3) is 0.235. The van der Waals surface area contributed by atoms with Crippen LogP contribution in [0.4, 0.5) is 5.69 Å². The third kappa shape index (κ3) is 4.73. The third-order valence-corrected chi connectivity index (χ3v) is 4.02. The Kier molecular flexibility index (Phi) is 5.59. The average Bonchev–Trinajstić information content (AvgIpc) is 2.49. The molecule has 0 aliphatic carbocycles. The van der Waals surface area contributed by atoms with Crippen LogP contribution in [0, 0.1) is 6.92 Å². The van der Waals surface area contributed by atoms with Gasteiger partial charge in [-0.2, -0.15) is 0 Å². The molecular formula is C17H19ClN2S. The van der Waals surface area contributed by atoms with E-state index in [2.05, 4.69) is 41.8 Å². The first-order chi connectivity index (χ1) is 10.1. The molecule has 21 heavy (non-hydrogen) atoms. The number of halogens is 1. The molecule has 0 fully saturated rings. The normalized spacial score (nSPS) is 11.8. The molecule has 0 saturated carbocycles. The fourth-order valence-corrected chi connectivity index (χ4v) is 2.37. The molecule has 0 spiro atoms. The molecule has 1 atom stereocenters. The lowest BCUT2D eigenvalue weighted by atomic mass is 10.0. The maximum absolute atomic E-state index is 6.10. The van der Waals surface area contributed by atoms with Gasteiger partial charge in [-0.15, -0.1) is 0 Å². The molecule has 2 rings (SSSR count). The molecular weight excluding hydrogens is 300 g/mol. The monoisotopic (exact) mass is 318 g/mol. The Hall–Kier alpha value is -1.58. The standard InChI is InChI=1S/C17H19ClN2S/c1-12-8-9-15(10-16(12)18)20-17(21)19-11-13(2)14-6-4-3-5-7-14/h3-10,13H,11H2,1-2H3,(H2,19,20,21)/t13-/m0/s1. The number of aryl methyl sites for hydroxylation is 1. The first kappa shape index (κ1) is 15.8. The number of nitrogens with one attached hydrogen (secondary N) is 2. The summed E-state index contributed by atoms with van der Waals surface area (Å²) in [7, 11) is 0. The minimum atomic E-state index is 0.396. The van der Waals surface area contributed by atoms with E-state index >= 15 is 0 Å². The van der Waals surface area contributed by atoms with Crippen molar-refractivity contribution in [3.8, 4) is 0 Å². The largest absolute Gasteiger partial charge is 0.362 e. The fourth-order valence-electron chi connectivity index (χ4n) is 1.99. The van der Waals surface area contributed by atoms with E-state index in [0.717, 1.165) is 22.8 Å². The van der Waals surface area contributed by atoms with E-state index in [1.54, 1.807) is 0 Å². The highest BCUT2D eigenvalue weighted by atomic mass is 35.5. The van der Waals surface area contributed by atoms with E-state index in [4.69, 9.17) is 23.8 Å². The molecule has 0 bridgehead atoms. The highest BCUT2D eigenvalue weighted by molar-refractivity contribution is 7.80. The van der Waals surface area contributed by atoms with Gasteiger partial charge in [-0.3, -0.25) is 0 Å². The van der Waals surface area contributed by atoms with E-state index < -0.39 is 0 Å². The van der Waals surface area contributed by atoms with E-state index in [0.29, 0.717) is 11.0 Å². The van der Waals surface area contributed by atoms with Crippen LogP contribution >= 0.6 is 23.8 Å². The van der Waals surface area contributed by atoms with Crippen molar-refractivity contribution in [2.45, 2.75) is 19.8 Å². The van der Waals surface area contributed by atoms with Crippen LogP contribution in [-0.4, -0.2) is 11.7 Å². The van der Waals surface area contributed by atoms with Gasteiger partial charge in [0.1, 0.15) is 0 Å². The molecule has 2 aromatic carbocycles. The van der Waals surface area contributed by atoms with Crippen molar-refractivity contribution in [1.82, 2.24) is 5.32 Å². The number of hydrogen-bond acceptors (Lipinski definition) is 1. The van der Waals surface area contributed by atoms with Crippen molar-refractivity contribution in [1.29, 1.82) is 0 Å². The van der Waals surface area contributed by atoms with Crippen molar-refractivity contribution in [3.05, 3.63) is 64.7 Å². The average molecular weight is 319 g/mol. The molecule has 2 aromatic rings. The van der Waals surface area contributed by atoms with Gasteiger partial charge in [0.2, 0.25) is 0 Å². The lowest BCUT2D eigenvalue weighted by molar-refractivity contribution is 0.723. The Balaban J connectivity index is 1.86. The number of rotatable bonds is 4. The highest BCUT2D eigenvalue weighted by Crippen LogP contribution is 2.20. The summed E-state index contributed by atoms with van der Waals surface area (Å²) in [6.07, 6.45) is 0. The molecule has 2 nitrogen and oxygen atoms in total. The zero-order valence-corrected chi connectivity index (χ0v) is 13.8. The van der Waals surface area contributed by atoms with E-state index in [9.17, 15) is 0 Å². The van der Waals surface area contributed by atoms with Gasteiger partial charge in [0.25, 0.3) is 0 Å². The van der Waals surface area contributed by atoms with Gasteiger partial charge in [0.15, 0.2) is 5.11 Å². The molecule has 0 aromatic heterocycles. The number of hydrogen-bond donors (Lipinski definition) is 2.